The van der Waals surface area contributed by atoms with Gasteiger partial charge in [-0.15, -0.1) is 0 Å². The summed E-state index contributed by atoms with van der Waals surface area (Å²) in [5, 5.41) is 26.9. The monoisotopic (exact) mass is 1130 g/mol. The second-order valence-corrected chi connectivity index (χ2v) is 32.7. The van der Waals surface area contributed by atoms with Gasteiger partial charge in [0.15, 0.2) is 0 Å². The van der Waals surface area contributed by atoms with E-state index in [-0.39, 0.29) is 41.3 Å². The van der Waals surface area contributed by atoms with Gasteiger partial charge < -0.3 is 43.7 Å². The van der Waals surface area contributed by atoms with Gasteiger partial charge in [-0.25, -0.2) is 13.1 Å². The minimum Gasteiger partial charge on any atom is -0.468 e. The molecule has 3 saturated heterocycles. The molecule has 5 aromatic rings. The van der Waals surface area contributed by atoms with Crippen LogP contribution in [0.4, 0.5) is 28.4 Å². The van der Waals surface area contributed by atoms with Crippen LogP contribution in [0.3, 0.4) is 0 Å². The second kappa shape index (κ2) is 22.6. The van der Waals surface area contributed by atoms with Crippen molar-refractivity contribution in [3.8, 4) is 5.88 Å². The number of pyridine rings is 1. The number of hydrogen-bond donors (Lipinski definition) is 3. The number of nitrogens with zero attached hydrogens (tertiary/aromatic N) is 6. The average Bonchev–Trinajstić information content (AvgIpc) is 3.92. The smallest absolute Gasteiger partial charge is 0.293 e. The lowest BCUT2D eigenvalue weighted by molar-refractivity contribution is -0.384. The molecular weight excluding hydrogens is 1050 g/mol. The Hall–Kier alpha value is -5.61. The Morgan fingerprint density at radius 2 is 1.70 bits per heavy atom. The number of piperidine rings is 1. The molecule has 5 fully saturated rings. The molecule has 3 atom stereocenters. The Labute approximate surface area is 471 Å². The number of nitro groups is 1. The van der Waals surface area contributed by atoms with Crippen molar-refractivity contribution in [2.24, 2.45) is 11.3 Å². The maximum Gasteiger partial charge on any atom is 0.293 e. The number of amides is 1. The average molecular weight is 1130 g/mol. The number of aromatic nitrogens is 2. The van der Waals surface area contributed by atoms with Crippen molar-refractivity contribution in [2.75, 3.05) is 74.3 Å². The third kappa shape index (κ3) is 11.9. The normalized spacial score (nSPS) is 24.5. The molecule has 2 saturated carbocycles. The van der Waals surface area contributed by atoms with Crippen molar-refractivity contribution in [1.29, 1.82) is 0 Å². The van der Waals surface area contributed by atoms with E-state index in [1.165, 1.54) is 23.3 Å². The van der Waals surface area contributed by atoms with E-state index in [4.69, 9.17) is 23.9 Å². The van der Waals surface area contributed by atoms with E-state index in [1.54, 1.807) is 6.07 Å². The molecule has 430 valence electrons. The summed E-state index contributed by atoms with van der Waals surface area (Å²) in [5.74, 6) is 0.0927. The third-order valence-electron chi connectivity index (χ3n) is 18.1. The van der Waals surface area contributed by atoms with Gasteiger partial charge in [0.05, 0.1) is 58.6 Å². The van der Waals surface area contributed by atoms with Crippen molar-refractivity contribution in [1.82, 2.24) is 19.2 Å². The molecule has 0 bridgehead atoms. The SMILES string of the molecule is CC(C)c1ccccc1[C@@H]1COCCN1C1CC2(CCN(c3ccc(C(=O)NS(=O)(=O)c4ccc(NCC5CCC(C)(O)CC5)c([N+](=O)[O-])c4)c(N4c5cc6ccn(COCC[Si](C)(C)C)c6nc5O[C@H]5COCC[C@@H]54)c3)CC2)C1. The van der Waals surface area contributed by atoms with Gasteiger partial charge in [-0.3, -0.25) is 19.8 Å². The van der Waals surface area contributed by atoms with Crippen LogP contribution in [0, 0.1) is 21.4 Å². The van der Waals surface area contributed by atoms with Crippen LogP contribution in [-0.2, 0) is 31.0 Å². The van der Waals surface area contributed by atoms with E-state index in [0.29, 0.717) is 87.2 Å². The zero-order valence-corrected chi connectivity index (χ0v) is 49.1. The number of aliphatic hydroxyl groups is 1. The number of morpholine rings is 1. The maximum atomic E-state index is 14.9. The Kier molecular flexibility index (Phi) is 15.9. The molecule has 3 aromatic carbocycles. The summed E-state index contributed by atoms with van der Waals surface area (Å²) in [6.45, 7) is 19.5. The first-order valence-electron chi connectivity index (χ1n) is 29.0. The number of nitro benzene ring substituents is 1. The van der Waals surface area contributed by atoms with Crippen molar-refractivity contribution in [3.05, 3.63) is 106 Å². The third-order valence-corrected chi connectivity index (χ3v) is 21.2. The topological polar surface area (TPSA) is 203 Å². The Bertz CT molecular complexity index is 3190. The number of sulfonamides is 1. The Morgan fingerprint density at radius 3 is 2.45 bits per heavy atom. The number of carbonyl (C=O) groups is 1. The van der Waals surface area contributed by atoms with Gasteiger partial charge in [0.25, 0.3) is 21.6 Å². The Balaban J connectivity index is 0.883. The summed E-state index contributed by atoms with van der Waals surface area (Å²) < 4.78 is 58.0. The zero-order valence-electron chi connectivity index (χ0n) is 47.3. The molecule has 80 heavy (non-hydrogen) atoms. The predicted molar refractivity (Wildman–Crippen MR) is 313 cm³/mol. The maximum absolute atomic E-state index is 14.9. The molecule has 1 amide bonds. The van der Waals surface area contributed by atoms with Crippen LogP contribution in [0.1, 0.15) is 112 Å². The van der Waals surface area contributed by atoms with Crippen molar-refractivity contribution in [2.45, 2.75) is 152 Å². The molecule has 0 radical (unpaired) electrons. The van der Waals surface area contributed by atoms with Crippen LogP contribution in [0.2, 0.25) is 25.7 Å². The molecule has 2 aliphatic carbocycles. The van der Waals surface area contributed by atoms with Gasteiger partial charge in [-0.1, -0.05) is 57.8 Å². The first-order chi connectivity index (χ1) is 38.2. The van der Waals surface area contributed by atoms with Gasteiger partial charge >= 0.3 is 0 Å². The Morgan fingerprint density at radius 1 is 0.938 bits per heavy atom. The summed E-state index contributed by atoms with van der Waals surface area (Å²) in [7, 11) is -5.96. The number of carbonyl (C=O) groups excluding carboxylic acids is 1. The number of rotatable bonds is 17. The fraction of sp³-hybridized carbons (Fsp3) is 0.567. The molecule has 2 aromatic heterocycles. The predicted octanol–water partition coefficient (Wildman–Crippen LogP) is 10.4. The van der Waals surface area contributed by atoms with E-state index in [0.717, 1.165) is 88.0 Å². The number of ether oxygens (including phenoxy) is 4. The van der Waals surface area contributed by atoms with E-state index >= 15 is 0 Å². The summed E-state index contributed by atoms with van der Waals surface area (Å²) in [4.78, 5) is 38.7. The van der Waals surface area contributed by atoms with Crippen LogP contribution < -0.4 is 24.6 Å². The molecule has 0 unspecified atom stereocenters. The molecule has 11 rings (SSSR count). The zero-order chi connectivity index (χ0) is 56.1. The van der Waals surface area contributed by atoms with E-state index in [9.17, 15) is 28.4 Å². The van der Waals surface area contributed by atoms with Crippen LogP contribution in [0.15, 0.2) is 83.9 Å². The number of fused-ring (bicyclic) bond motifs is 3. The molecule has 20 heteroatoms. The van der Waals surface area contributed by atoms with Crippen LogP contribution >= 0.6 is 0 Å². The van der Waals surface area contributed by atoms with Gasteiger partial charge in [-0.2, -0.15) is 4.98 Å². The van der Waals surface area contributed by atoms with Gasteiger partial charge in [-0.05, 0) is 142 Å². The molecule has 1 spiro atoms. The fourth-order valence-electron chi connectivity index (χ4n) is 13.3. The number of nitrogens with one attached hydrogen (secondary N) is 2. The summed E-state index contributed by atoms with van der Waals surface area (Å²) in [5.41, 5.74) is 4.86. The minimum atomic E-state index is -4.65. The first-order valence-corrected chi connectivity index (χ1v) is 34.2. The molecule has 4 aliphatic heterocycles. The molecule has 18 nitrogen and oxygen atoms in total. The highest BCUT2D eigenvalue weighted by atomic mass is 32.2. The van der Waals surface area contributed by atoms with Crippen LogP contribution in [-0.4, -0.2) is 130 Å². The van der Waals surface area contributed by atoms with Gasteiger partial charge in [0, 0.05) is 76.8 Å². The van der Waals surface area contributed by atoms with Crippen molar-refractivity contribution < 1.29 is 42.2 Å². The molecule has 6 heterocycles. The van der Waals surface area contributed by atoms with Crippen molar-refractivity contribution >= 4 is 63.5 Å². The summed E-state index contributed by atoms with van der Waals surface area (Å²) in [6, 6.07) is 23.6. The molecule has 6 aliphatic rings. The van der Waals surface area contributed by atoms with E-state index in [2.05, 4.69) is 82.5 Å². The highest BCUT2D eigenvalue weighted by Crippen LogP contribution is 2.54. The summed E-state index contributed by atoms with van der Waals surface area (Å²) >= 11 is 0. The quantitative estimate of drug-likeness (QED) is 0.0343. The number of benzene rings is 3. The largest absolute Gasteiger partial charge is 0.468 e. The van der Waals surface area contributed by atoms with E-state index in [1.807, 2.05) is 42.0 Å². The van der Waals surface area contributed by atoms with Gasteiger partial charge in [0.2, 0.25) is 5.88 Å². The van der Waals surface area contributed by atoms with Crippen molar-refractivity contribution in [3.63, 3.8) is 0 Å². The molecule has 3 N–H and O–H groups in total. The summed E-state index contributed by atoms with van der Waals surface area (Å²) in [6.07, 6.45) is 9.14. The minimum absolute atomic E-state index is 0.109. The van der Waals surface area contributed by atoms with Crippen LogP contribution in [0.5, 0.6) is 5.88 Å². The lowest BCUT2D eigenvalue weighted by Crippen LogP contribution is -2.58. The first kappa shape index (κ1) is 56.3. The van der Waals surface area contributed by atoms with Gasteiger partial charge in [0.1, 0.15) is 29.9 Å². The standard InChI is InChI=1S/C60H80N8O10SSi/c1-40(2)46-9-7-8-10-47(46)54-37-76-28-26-66(54)44-34-60(35-44)21-24-64(25-22-60)43-11-13-48(57(69)63-79(73,74)45-12-14-49(52(33-45)68(71)72)61-36-41-15-19-59(3,70)20-16-41)51(32-43)67-50-18-27-75-38-55(50)78-58-53(67)31-42-17-23-65(56(42)62-58)39-77-29-30-80(4,5)6/h7-14,17,23,31-33,40-41,44,50,54-55,61,70H,15-16,18-22,24-30,34-39H2,1-6H3,(H,63,69)/t41?,50-,54-,55-,59?/m0/s1. The highest BCUT2D eigenvalue weighted by Gasteiger charge is 2.50. The highest BCUT2D eigenvalue weighted by molar-refractivity contribution is 7.90. The number of hydrogen-bond acceptors (Lipinski definition) is 15. The lowest BCUT2D eigenvalue weighted by Gasteiger charge is -2.57. The lowest BCUT2D eigenvalue weighted by atomic mass is 9.59. The number of anilines is 4. The van der Waals surface area contributed by atoms with Crippen LogP contribution in [0.25, 0.3) is 11.0 Å². The van der Waals surface area contributed by atoms with E-state index < -0.39 is 51.2 Å². The fourth-order valence-corrected chi connectivity index (χ4v) is 15.0. The second-order valence-electron chi connectivity index (χ2n) is 25.4. The molecular formula is C60H80N8O10SSi.